The van der Waals surface area contributed by atoms with Crippen LogP contribution in [0.1, 0.15) is 6.92 Å². The molecule has 1 aromatic carbocycles. The summed E-state index contributed by atoms with van der Waals surface area (Å²) in [6, 6.07) is 5.47. The van der Waals surface area contributed by atoms with Gasteiger partial charge in [-0.3, -0.25) is 0 Å². The molecule has 0 aliphatic carbocycles. The van der Waals surface area contributed by atoms with Gasteiger partial charge in [0.05, 0.1) is 4.90 Å². The van der Waals surface area contributed by atoms with Crippen molar-refractivity contribution in [2.75, 3.05) is 6.61 Å². The molecule has 0 spiro atoms. The van der Waals surface area contributed by atoms with Crippen LogP contribution in [-0.4, -0.2) is 19.6 Å². The van der Waals surface area contributed by atoms with Gasteiger partial charge >= 0.3 is 51.4 Å². The maximum atomic E-state index is 10.7. The molecule has 0 amide bonds. The van der Waals surface area contributed by atoms with E-state index in [1.165, 1.54) is 18.2 Å². The number of ether oxygens (including phenoxy) is 1. The van der Waals surface area contributed by atoms with E-state index in [-0.39, 0.29) is 56.3 Å². The molecule has 0 heterocycles. The molecule has 0 N–H and O–H groups in total. The van der Waals surface area contributed by atoms with Gasteiger partial charge in [-0.25, -0.2) is 8.42 Å². The molecule has 0 fully saturated rings. The SMILES string of the molecule is C=C(C)COc1cccc(S(=O)(=O)[O-])c1.[K+]. The minimum Gasteiger partial charge on any atom is -0.744 e. The predicted molar refractivity (Wildman–Crippen MR) is 54.7 cm³/mol. The molecule has 1 rings (SSSR count). The summed E-state index contributed by atoms with van der Waals surface area (Å²) in [5.41, 5.74) is 0.811. The summed E-state index contributed by atoms with van der Waals surface area (Å²) in [5.74, 6) is 0.343. The van der Waals surface area contributed by atoms with E-state index in [1.807, 2.05) is 0 Å². The van der Waals surface area contributed by atoms with Crippen molar-refractivity contribution in [2.24, 2.45) is 0 Å². The average molecular weight is 266 g/mol. The molecule has 0 saturated heterocycles. The third-order valence-corrected chi connectivity index (χ3v) is 2.41. The number of rotatable bonds is 4. The molecule has 16 heavy (non-hydrogen) atoms. The van der Waals surface area contributed by atoms with Gasteiger partial charge in [-0.05, 0) is 30.7 Å². The summed E-state index contributed by atoms with van der Waals surface area (Å²) in [6.45, 7) is 5.72. The molecule has 1 aromatic rings. The Hall–Kier alpha value is 0.306. The first kappa shape index (κ1) is 16.3. The summed E-state index contributed by atoms with van der Waals surface area (Å²) in [4.78, 5) is -0.290. The van der Waals surface area contributed by atoms with Crippen molar-refractivity contribution in [3.8, 4) is 5.75 Å². The van der Waals surface area contributed by atoms with E-state index >= 15 is 0 Å². The normalized spacial score (nSPS) is 10.4. The van der Waals surface area contributed by atoms with Crippen LogP contribution in [0, 0.1) is 0 Å². The van der Waals surface area contributed by atoms with Gasteiger partial charge in [0.25, 0.3) is 0 Å². The van der Waals surface area contributed by atoms with Crippen LogP contribution in [0.4, 0.5) is 0 Å². The van der Waals surface area contributed by atoms with Crippen molar-refractivity contribution in [3.63, 3.8) is 0 Å². The summed E-state index contributed by atoms with van der Waals surface area (Å²) >= 11 is 0. The number of hydrogen-bond acceptors (Lipinski definition) is 4. The molecule has 0 unspecified atom stereocenters. The van der Waals surface area contributed by atoms with E-state index in [9.17, 15) is 13.0 Å². The van der Waals surface area contributed by atoms with E-state index < -0.39 is 10.1 Å². The van der Waals surface area contributed by atoms with E-state index in [2.05, 4.69) is 6.58 Å². The Morgan fingerprint density at radius 2 is 2.12 bits per heavy atom. The first-order valence-electron chi connectivity index (χ1n) is 4.23. The molecule has 0 atom stereocenters. The minimum absolute atomic E-state index is 0. The van der Waals surface area contributed by atoms with Crippen molar-refractivity contribution in [1.82, 2.24) is 0 Å². The Kier molecular flexibility index (Phi) is 7.03. The monoisotopic (exact) mass is 266 g/mol. The molecule has 0 aliphatic rings. The Morgan fingerprint density at radius 3 is 2.62 bits per heavy atom. The molecule has 6 heteroatoms. The van der Waals surface area contributed by atoms with Crippen LogP contribution >= 0.6 is 0 Å². The Morgan fingerprint density at radius 1 is 1.50 bits per heavy atom. The summed E-state index contributed by atoms with van der Waals surface area (Å²) in [7, 11) is -4.42. The van der Waals surface area contributed by atoms with Crippen LogP contribution in [-0.2, 0) is 10.1 Å². The fourth-order valence-electron chi connectivity index (χ4n) is 0.926. The summed E-state index contributed by atoms with van der Waals surface area (Å²) < 4.78 is 37.3. The maximum absolute atomic E-state index is 10.7. The van der Waals surface area contributed by atoms with E-state index in [1.54, 1.807) is 13.0 Å². The molecule has 0 saturated carbocycles. The van der Waals surface area contributed by atoms with Crippen molar-refractivity contribution in [3.05, 3.63) is 36.4 Å². The summed E-state index contributed by atoms with van der Waals surface area (Å²) in [5, 5.41) is 0. The fourth-order valence-corrected chi connectivity index (χ4v) is 1.43. The second kappa shape index (κ2) is 6.90. The molecule has 0 radical (unpaired) electrons. The van der Waals surface area contributed by atoms with Gasteiger partial charge in [0.1, 0.15) is 22.5 Å². The van der Waals surface area contributed by atoms with Gasteiger partial charge in [0.2, 0.25) is 0 Å². The van der Waals surface area contributed by atoms with Crippen molar-refractivity contribution >= 4 is 10.1 Å². The molecule has 0 bridgehead atoms. The van der Waals surface area contributed by atoms with Crippen LogP contribution in [0.25, 0.3) is 0 Å². The van der Waals surface area contributed by atoms with Crippen molar-refractivity contribution in [1.29, 1.82) is 0 Å². The fraction of sp³-hybridized carbons (Fsp3) is 0.200. The predicted octanol–water partition coefficient (Wildman–Crippen LogP) is -1.45. The Balaban J connectivity index is 0.00000225. The first-order valence-corrected chi connectivity index (χ1v) is 5.63. The molecule has 82 valence electrons. The maximum Gasteiger partial charge on any atom is 1.00 e. The van der Waals surface area contributed by atoms with E-state index in [0.717, 1.165) is 5.57 Å². The third kappa shape index (κ3) is 5.58. The Bertz CT molecular complexity index is 467. The standard InChI is InChI=1S/C10H12O4S.K/c1-8(2)7-14-9-4-3-5-10(6-9)15(11,12)13;/h3-6H,1,7H2,2H3,(H,11,12,13);/q;+1/p-1. The minimum atomic E-state index is -4.42. The van der Waals surface area contributed by atoms with Gasteiger partial charge in [-0.2, -0.15) is 0 Å². The second-order valence-electron chi connectivity index (χ2n) is 3.17. The Labute approximate surface area is 138 Å². The quantitative estimate of drug-likeness (QED) is 0.380. The molecule has 4 nitrogen and oxygen atoms in total. The van der Waals surface area contributed by atoms with E-state index in [4.69, 9.17) is 4.74 Å². The molecule has 0 aliphatic heterocycles. The number of benzene rings is 1. The molecule has 0 aromatic heterocycles. The van der Waals surface area contributed by atoms with Gasteiger partial charge in [0, 0.05) is 0 Å². The van der Waals surface area contributed by atoms with Crippen molar-refractivity contribution < 1.29 is 69.1 Å². The first-order chi connectivity index (χ1) is 6.89. The largest absolute Gasteiger partial charge is 1.00 e. The average Bonchev–Trinajstić information content (AvgIpc) is 2.14. The summed E-state index contributed by atoms with van der Waals surface area (Å²) in [6.07, 6.45) is 0. The zero-order chi connectivity index (χ0) is 11.5. The van der Waals surface area contributed by atoms with Gasteiger partial charge in [-0.15, -0.1) is 0 Å². The van der Waals surface area contributed by atoms with Crippen LogP contribution in [0.5, 0.6) is 5.75 Å². The van der Waals surface area contributed by atoms with Crippen molar-refractivity contribution in [2.45, 2.75) is 11.8 Å². The van der Waals surface area contributed by atoms with E-state index in [0.29, 0.717) is 12.4 Å². The molecular weight excluding hydrogens is 255 g/mol. The van der Waals surface area contributed by atoms with Crippen LogP contribution < -0.4 is 56.1 Å². The van der Waals surface area contributed by atoms with Crippen LogP contribution in [0.3, 0.4) is 0 Å². The van der Waals surface area contributed by atoms with Crippen LogP contribution in [0.2, 0.25) is 0 Å². The number of hydrogen-bond donors (Lipinski definition) is 0. The van der Waals surface area contributed by atoms with Gasteiger partial charge in [0.15, 0.2) is 0 Å². The van der Waals surface area contributed by atoms with Crippen LogP contribution in [0.15, 0.2) is 41.3 Å². The second-order valence-corrected chi connectivity index (χ2v) is 4.55. The topological polar surface area (TPSA) is 66.4 Å². The van der Waals surface area contributed by atoms with Gasteiger partial charge in [-0.1, -0.05) is 12.6 Å². The zero-order valence-electron chi connectivity index (χ0n) is 9.26. The zero-order valence-corrected chi connectivity index (χ0v) is 13.2. The van der Waals surface area contributed by atoms with Gasteiger partial charge < -0.3 is 9.29 Å². The molecular formula is C10H11KO4S. The smallest absolute Gasteiger partial charge is 0.744 e. The third-order valence-electron chi connectivity index (χ3n) is 1.58.